The Balaban J connectivity index is 1.81. The largest absolute Gasteiger partial charge is 0.493 e. The zero-order chi connectivity index (χ0) is 22.1. The van der Waals surface area contributed by atoms with Gasteiger partial charge >= 0.3 is 5.97 Å². The summed E-state index contributed by atoms with van der Waals surface area (Å²) in [5.74, 6) is 1.21. The van der Waals surface area contributed by atoms with Crippen LogP contribution in [0.1, 0.15) is 25.8 Å². The van der Waals surface area contributed by atoms with Gasteiger partial charge in [-0.15, -0.1) is 0 Å². The summed E-state index contributed by atoms with van der Waals surface area (Å²) in [5, 5.41) is 2.83. The molecule has 0 radical (unpaired) electrons. The minimum Gasteiger partial charge on any atom is -0.493 e. The summed E-state index contributed by atoms with van der Waals surface area (Å²) in [6.07, 6.45) is 0.567. The Hall–Kier alpha value is -2.32. The maximum absolute atomic E-state index is 12.4. The molecule has 1 aromatic rings. The van der Waals surface area contributed by atoms with E-state index >= 15 is 0 Å². The van der Waals surface area contributed by atoms with Gasteiger partial charge in [0.05, 0.1) is 27.9 Å². The van der Waals surface area contributed by atoms with E-state index in [1.807, 2.05) is 32.0 Å². The summed E-state index contributed by atoms with van der Waals surface area (Å²) in [6, 6.07) is 5.38. The molecule has 1 aliphatic rings. The molecule has 1 saturated heterocycles. The van der Waals surface area contributed by atoms with E-state index in [9.17, 15) is 9.59 Å². The van der Waals surface area contributed by atoms with E-state index < -0.39 is 12.0 Å². The van der Waals surface area contributed by atoms with Crippen LogP contribution in [0.4, 0.5) is 0 Å². The lowest BCUT2D eigenvalue weighted by molar-refractivity contribution is -0.145. The van der Waals surface area contributed by atoms with Crippen molar-refractivity contribution in [2.24, 2.45) is 5.92 Å². The minimum absolute atomic E-state index is 0.139. The molecule has 168 valence electrons. The average molecular weight is 422 g/mol. The fourth-order valence-electron chi connectivity index (χ4n) is 3.61. The van der Waals surface area contributed by atoms with Gasteiger partial charge in [-0.05, 0) is 30.0 Å². The molecule has 0 aliphatic carbocycles. The van der Waals surface area contributed by atoms with E-state index in [1.165, 1.54) is 7.11 Å². The molecule has 1 atom stereocenters. The van der Waals surface area contributed by atoms with E-state index in [0.717, 1.165) is 49.8 Å². The van der Waals surface area contributed by atoms with Crippen molar-refractivity contribution in [2.45, 2.75) is 32.9 Å². The number of amides is 1. The van der Waals surface area contributed by atoms with Crippen molar-refractivity contribution in [3.05, 3.63) is 23.8 Å². The van der Waals surface area contributed by atoms with Crippen molar-refractivity contribution in [2.75, 3.05) is 54.1 Å². The highest BCUT2D eigenvalue weighted by Gasteiger charge is 2.25. The van der Waals surface area contributed by atoms with Crippen LogP contribution in [0, 0.1) is 5.92 Å². The average Bonchev–Trinajstić information content (AvgIpc) is 2.73. The van der Waals surface area contributed by atoms with Crippen molar-refractivity contribution < 1.29 is 23.8 Å². The Bertz CT molecular complexity index is 702. The third kappa shape index (κ3) is 7.18. The zero-order valence-corrected chi connectivity index (χ0v) is 18.8. The van der Waals surface area contributed by atoms with Gasteiger partial charge in [0, 0.05) is 32.7 Å². The van der Waals surface area contributed by atoms with Crippen molar-refractivity contribution in [3.8, 4) is 11.5 Å². The Morgan fingerprint density at radius 2 is 1.63 bits per heavy atom. The number of methoxy groups -OCH3 is 3. The molecule has 1 fully saturated rings. The van der Waals surface area contributed by atoms with Gasteiger partial charge in [-0.1, -0.05) is 19.9 Å². The summed E-state index contributed by atoms with van der Waals surface area (Å²) in [7, 11) is 4.61. The molecular formula is C22H35N3O5. The fourth-order valence-corrected chi connectivity index (χ4v) is 3.61. The molecule has 0 bridgehead atoms. The maximum Gasteiger partial charge on any atom is 0.328 e. The second-order valence-corrected chi connectivity index (χ2v) is 8.01. The summed E-state index contributed by atoms with van der Waals surface area (Å²) in [5.41, 5.74) is 1.16. The van der Waals surface area contributed by atoms with E-state index in [-0.39, 0.29) is 18.4 Å². The SMILES string of the molecule is COC(=O)[C@@H](CC(C)C)NC(=O)CN1CCN(Cc2ccc(OC)c(OC)c2)CC1. The lowest BCUT2D eigenvalue weighted by Crippen LogP contribution is -2.51. The summed E-state index contributed by atoms with van der Waals surface area (Å²) < 4.78 is 15.5. The third-order valence-corrected chi connectivity index (χ3v) is 5.21. The molecule has 0 aromatic heterocycles. The molecule has 30 heavy (non-hydrogen) atoms. The van der Waals surface area contributed by atoms with E-state index in [0.29, 0.717) is 6.42 Å². The Morgan fingerprint density at radius 1 is 1.00 bits per heavy atom. The van der Waals surface area contributed by atoms with Crippen LogP contribution in [0.25, 0.3) is 0 Å². The molecular weight excluding hydrogens is 386 g/mol. The highest BCUT2D eigenvalue weighted by molar-refractivity contribution is 5.85. The van der Waals surface area contributed by atoms with E-state index in [4.69, 9.17) is 14.2 Å². The van der Waals surface area contributed by atoms with Gasteiger partial charge in [0.15, 0.2) is 11.5 Å². The van der Waals surface area contributed by atoms with Gasteiger partial charge in [0.25, 0.3) is 0 Å². The van der Waals surface area contributed by atoms with Gasteiger partial charge in [-0.25, -0.2) is 4.79 Å². The monoisotopic (exact) mass is 421 g/mol. The van der Waals surface area contributed by atoms with E-state index in [2.05, 4.69) is 15.1 Å². The first kappa shape index (κ1) is 24.0. The molecule has 2 rings (SSSR count). The van der Waals surface area contributed by atoms with Gasteiger partial charge in [-0.2, -0.15) is 0 Å². The second kappa shape index (κ2) is 11.8. The lowest BCUT2D eigenvalue weighted by Gasteiger charge is -2.34. The van der Waals surface area contributed by atoms with Gasteiger partial charge < -0.3 is 19.5 Å². The normalized spacial score (nSPS) is 16.2. The van der Waals surface area contributed by atoms with Crippen molar-refractivity contribution in [1.82, 2.24) is 15.1 Å². The number of piperazine rings is 1. The number of carbonyl (C=O) groups is 2. The Morgan fingerprint density at radius 3 is 2.20 bits per heavy atom. The minimum atomic E-state index is -0.589. The molecule has 1 heterocycles. The Kier molecular flexibility index (Phi) is 9.39. The third-order valence-electron chi connectivity index (χ3n) is 5.21. The van der Waals surface area contributed by atoms with Crippen LogP contribution in [0.15, 0.2) is 18.2 Å². The molecule has 0 unspecified atom stereocenters. The fraction of sp³-hybridized carbons (Fsp3) is 0.636. The molecule has 0 spiro atoms. The number of benzene rings is 1. The first-order chi connectivity index (χ1) is 14.4. The zero-order valence-electron chi connectivity index (χ0n) is 18.8. The first-order valence-corrected chi connectivity index (χ1v) is 10.4. The summed E-state index contributed by atoms with van der Waals surface area (Å²) in [6.45, 7) is 8.47. The van der Waals surface area contributed by atoms with Crippen molar-refractivity contribution >= 4 is 11.9 Å². The molecule has 1 N–H and O–H groups in total. The summed E-state index contributed by atoms with van der Waals surface area (Å²) in [4.78, 5) is 28.8. The van der Waals surface area contributed by atoms with Gasteiger partial charge in [-0.3, -0.25) is 14.6 Å². The number of hydrogen-bond donors (Lipinski definition) is 1. The summed E-state index contributed by atoms with van der Waals surface area (Å²) >= 11 is 0. The number of carbonyl (C=O) groups excluding carboxylic acids is 2. The van der Waals surface area contributed by atoms with Gasteiger partial charge in [0.2, 0.25) is 5.91 Å². The van der Waals surface area contributed by atoms with Crippen LogP contribution in [0.5, 0.6) is 11.5 Å². The second-order valence-electron chi connectivity index (χ2n) is 8.01. The molecule has 8 heteroatoms. The predicted octanol–water partition coefficient (Wildman–Crippen LogP) is 1.53. The van der Waals surface area contributed by atoms with Crippen LogP contribution in [0.3, 0.4) is 0 Å². The highest BCUT2D eigenvalue weighted by atomic mass is 16.5. The smallest absolute Gasteiger partial charge is 0.328 e. The number of hydrogen-bond acceptors (Lipinski definition) is 7. The topological polar surface area (TPSA) is 80.3 Å². The molecule has 1 aliphatic heterocycles. The predicted molar refractivity (Wildman–Crippen MR) is 115 cm³/mol. The number of ether oxygens (including phenoxy) is 3. The maximum atomic E-state index is 12.4. The van der Waals surface area contributed by atoms with E-state index in [1.54, 1.807) is 14.2 Å². The van der Waals surface area contributed by atoms with Crippen molar-refractivity contribution in [1.29, 1.82) is 0 Å². The number of rotatable bonds is 10. The first-order valence-electron chi connectivity index (χ1n) is 10.4. The van der Waals surface area contributed by atoms with Crippen LogP contribution < -0.4 is 14.8 Å². The van der Waals surface area contributed by atoms with Crippen molar-refractivity contribution in [3.63, 3.8) is 0 Å². The standard InChI is InChI=1S/C22H35N3O5/c1-16(2)12-18(22(27)30-5)23-21(26)15-25-10-8-24(9-11-25)14-17-6-7-19(28-3)20(13-17)29-4/h6-7,13,16,18H,8-12,14-15H2,1-5H3,(H,23,26)/t18-/m1/s1. The number of nitrogens with one attached hydrogen (secondary N) is 1. The quantitative estimate of drug-likeness (QED) is 0.574. The van der Waals surface area contributed by atoms with Crippen LogP contribution in [-0.4, -0.2) is 81.8 Å². The molecule has 1 aromatic carbocycles. The molecule has 1 amide bonds. The Labute approximate surface area is 179 Å². The highest BCUT2D eigenvalue weighted by Crippen LogP contribution is 2.28. The van der Waals surface area contributed by atoms with Crippen LogP contribution >= 0.6 is 0 Å². The van der Waals surface area contributed by atoms with Crippen LogP contribution in [0.2, 0.25) is 0 Å². The number of esters is 1. The van der Waals surface area contributed by atoms with Gasteiger partial charge in [0.1, 0.15) is 6.04 Å². The van der Waals surface area contributed by atoms with Crippen LogP contribution in [-0.2, 0) is 20.9 Å². The number of nitrogens with zero attached hydrogens (tertiary/aromatic N) is 2. The molecule has 0 saturated carbocycles. The molecule has 8 nitrogen and oxygen atoms in total. The lowest BCUT2D eigenvalue weighted by atomic mass is 10.0.